The van der Waals surface area contributed by atoms with E-state index >= 15 is 0 Å². The second-order valence-corrected chi connectivity index (χ2v) is 3.50. The Kier molecular flexibility index (Phi) is 3.43. The fourth-order valence-electron chi connectivity index (χ4n) is 1.65. The van der Waals surface area contributed by atoms with Crippen LogP contribution in [0.15, 0.2) is 0 Å². The van der Waals surface area contributed by atoms with Crippen LogP contribution in [0.5, 0.6) is 0 Å². The molecule has 1 rings (SSSR count). The molecule has 0 bridgehead atoms. The summed E-state index contributed by atoms with van der Waals surface area (Å²) in [6.07, 6.45) is -5.46. The van der Waals surface area contributed by atoms with Gasteiger partial charge in [-0.2, -0.15) is 0 Å². The van der Waals surface area contributed by atoms with E-state index in [9.17, 15) is 25.2 Å². The Bertz CT molecular complexity index is 222. The molecule has 0 radical (unpaired) electrons. The number of aliphatic hydroxyl groups excluding tert-OH is 4. The molecule has 0 aromatic carbocycles. The molecule has 5 atom stereocenters. The van der Waals surface area contributed by atoms with Crippen LogP contribution in [-0.4, -0.2) is 57.8 Å². The molecule has 0 saturated heterocycles. The van der Waals surface area contributed by atoms with Crippen LogP contribution in [0.1, 0.15) is 6.42 Å². The minimum absolute atomic E-state index is 0.0565. The first-order chi connectivity index (χ1) is 6.49. The van der Waals surface area contributed by atoms with Crippen molar-refractivity contribution in [2.24, 2.45) is 5.92 Å². The lowest BCUT2D eigenvalue weighted by Gasteiger charge is -2.37. The van der Waals surface area contributed by atoms with Gasteiger partial charge in [0, 0.05) is 7.05 Å². The number of amides is 1. The molecule has 2 unspecified atom stereocenters. The van der Waals surface area contributed by atoms with E-state index in [0.717, 1.165) is 0 Å². The molecule has 0 aliphatic heterocycles. The average molecular weight is 205 g/mol. The van der Waals surface area contributed by atoms with Gasteiger partial charge in [-0.3, -0.25) is 4.79 Å². The van der Waals surface area contributed by atoms with Gasteiger partial charge in [0.15, 0.2) is 0 Å². The number of carbonyl (C=O) groups excluding carboxylic acids is 1. The summed E-state index contributed by atoms with van der Waals surface area (Å²) in [5.74, 6) is -1.34. The summed E-state index contributed by atoms with van der Waals surface area (Å²) in [6.45, 7) is 0. The summed E-state index contributed by atoms with van der Waals surface area (Å²) in [4.78, 5) is 11.2. The molecule has 0 spiro atoms. The molecule has 1 aliphatic carbocycles. The topological polar surface area (TPSA) is 110 Å². The lowest BCUT2D eigenvalue weighted by molar-refractivity contribution is -0.167. The first kappa shape index (κ1) is 11.4. The van der Waals surface area contributed by atoms with Gasteiger partial charge in [-0.25, -0.2) is 0 Å². The van der Waals surface area contributed by atoms with E-state index < -0.39 is 36.2 Å². The van der Waals surface area contributed by atoms with Crippen molar-refractivity contribution in [3.63, 3.8) is 0 Å². The van der Waals surface area contributed by atoms with Crippen LogP contribution < -0.4 is 5.32 Å². The van der Waals surface area contributed by atoms with Crippen molar-refractivity contribution in [2.75, 3.05) is 7.05 Å². The van der Waals surface area contributed by atoms with Crippen molar-refractivity contribution in [2.45, 2.75) is 30.8 Å². The number of rotatable bonds is 1. The second kappa shape index (κ2) is 4.22. The summed E-state index contributed by atoms with van der Waals surface area (Å²) < 4.78 is 0. The Morgan fingerprint density at radius 1 is 1.14 bits per heavy atom. The normalized spacial score (nSPS) is 43.4. The summed E-state index contributed by atoms with van der Waals surface area (Å²) in [5.41, 5.74) is 0. The van der Waals surface area contributed by atoms with Gasteiger partial charge in [-0.15, -0.1) is 0 Å². The summed E-state index contributed by atoms with van der Waals surface area (Å²) in [7, 11) is 1.40. The Morgan fingerprint density at radius 2 is 1.71 bits per heavy atom. The van der Waals surface area contributed by atoms with E-state index in [2.05, 4.69) is 5.32 Å². The van der Waals surface area contributed by atoms with Crippen LogP contribution in [0.25, 0.3) is 0 Å². The average Bonchev–Trinajstić information content (AvgIpc) is 2.19. The second-order valence-electron chi connectivity index (χ2n) is 3.50. The highest BCUT2D eigenvalue weighted by molar-refractivity contribution is 5.79. The van der Waals surface area contributed by atoms with E-state index in [4.69, 9.17) is 0 Å². The van der Waals surface area contributed by atoms with Crippen LogP contribution in [-0.2, 0) is 4.79 Å². The lowest BCUT2D eigenvalue weighted by atomic mass is 9.80. The minimum Gasteiger partial charge on any atom is -0.390 e. The van der Waals surface area contributed by atoms with Crippen molar-refractivity contribution in [1.82, 2.24) is 5.32 Å². The first-order valence-corrected chi connectivity index (χ1v) is 4.43. The number of hydrogen-bond donors (Lipinski definition) is 5. The quantitative estimate of drug-likeness (QED) is 0.317. The van der Waals surface area contributed by atoms with Crippen LogP contribution in [0, 0.1) is 5.92 Å². The minimum atomic E-state index is -1.49. The largest absolute Gasteiger partial charge is 0.390 e. The van der Waals surface area contributed by atoms with Crippen LogP contribution in [0.4, 0.5) is 0 Å². The first-order valence-electron chi connectivity index (χ1n) is 4.43. The maximum atomic E-state index is 11.2. The van der Waals surface area contributed by atoms with Gasteiger partial charge in [-0.05, 0) is 6.42 Å². The van der Waals surface area contributed by atoms with E-state index in [-0.39, 0.29) is 6.42 Å². The predicted molar refractivity (Wildman–Crippen MR) is 46.2 cm³/mol. The molecule has 1 aliphatic rings. The standard InChI is InChI=1S/C8H15NO5/c1-9-8(14)3-2-4(10)6(12)7(13)5(3)11/h3-7,10-13H,2H2,1H3,(H,9,14)/t3?,4-,5-,6?,7-/m1/s1. The van der Waals surface area contributed by atoms with E-state index in [1.807, 2.05) is 0 Å². The highest BCUT2D eigenvalue weighted by Gasteiger charge is 2.44. The zero-order valence-corrected chi connectivity index (χ0v) is 7.79. The lowest BCUT2D eigenvalue weighted by Crippen LogP contribution is -2.56. The van der Waals surface area contributed by atoms with Gasteiger partial charge in [0.2, 0.25) is 5.91 Å². The van der Waals surface area contributed by atoms with Crippen LogP contribution >= 0.6 is 0 Å². The number of nitrogens with one attached hydrogen (secondary N) is 1. The third-order valence-electron chi connectivity index (χ3n) is 2.58. The highest BCUT2D eigenvalue weighted by atomic mass is 16.4. The third-order valence-corrected chi connectivity index (χ3v) is 2.58. The molecular formula is C8H15NO5. The Hall–Kier alpha value is -0.690. The summed E-state index contributed by atoms with van der Waals surface area (Å²) in [6, 6.07) is 0. The molecule has 1 fully saturated rings. The number of aliphatic hydroxyl groups is 4. The molecule has 5 N–H and O–H groups in total. The monoisotopic (exact) mass is 205 g/mol. The van der Waals surface area contributed by atoms with Gasteiger partial charge in [-0.1, -0.05) is 0 Å². The number of carbonyl (C=O) groups is 1. The Balaban J connectivity index is 2.75. The van der Waals surface area contributed by atoms with Crippen LogP contribution in [0.2, 0.25) is 0 Å². The fraction of sp³-hybridized carbons (Fsp3) is 0.875. The van der Waals surface area contributed by atoms with E-state index in [1.54, 1.807) is 0 Å². The molecule has 82 valence electrons. The third kappa shape index (κ3) is 1.88. The molecule has 1 saturated carbocycles. The van der Waals surface area contributed by atoms with Crippen LogP contribution in [0.3, 0.4) is 0 Å². The molecule has 14 heavy (non-hydrogen) atoms. The van der Waals surface area contributed by atoms with Crippen molar-refractivity contribution in [1.29, 1.82) is 0 Å². The van der Waals surface area contributed by atoms with Crippen molar-refractivity contribution < 1.29 is 25.2 Å². The zero-order valence-electron chi connectivity index (χ0n) is 7.79. The van der Waals surface area contributed by atoms with Gasteiger partial charge < -0.3 is 25.7 Å². The molecule has 6 heteroatoms. The molecule has 0 aromatic rings. The van der Waals surface area contributed by atoms with Gasteiger partial charge >= 0.3 is 0 Å². The summed E-state index contributed by atoms with van der Waals surface area (Å²) >= 11 is 0. The molecule has 0 heterocycles. The fourth-order valence-corrected chi connectivity index (χ4v) is 1.65. The van der Waals surface area contributed by atoms with Crippen molar-refractivity contribution in [3.8, 4) is 0 Å². The number of hydrogen-bond acceptors (Lipinski definition) is 5. The smallest absolute Gasteiger partial charge is 0.225 e. The van der Waals surface area contributed by atoms with Gasteiger partial charge in [0.1, 0.15) is 12.2 Å². The Labute approximate surface area is 81.2 Å². The maximum Gasteiger partial charge on any atom is 0.225 e. The van der Waals surface area contributed by atoms with Crippen molar-refractivity contribution in [3.05, 3.63) is 0 Å². The van der Waals surface area contributed by atoms with Gasteiger partial charge in [0.25, 0.3) is 0 Å². The highest BCUT2D eigenvalue weighted by Crippen LogP contribution is 2.25. The molecule has 0 aromatic heterocycles. The van der Waals surface area contributed by atoms with Gasteiger partial charge in [0.05, 0.1) is 18.1 Å². The summed E-state index contributed by atoms with van der Waals surface area (Å²) in [5, 5.41) is 39.5. The molecule has 1 amide bonds. The SMILES string of the molecule is CNC(=O)C1C[C@@H](O)C(O)[C@H](O)[C@@H]1O. The molecular weight excluding hydrogens is 190 g/mol. The van der Waals surface area contributed by atoms with E-state index in [1.165, 1.54) is 7.05 Å². The molecule has 6 nitrogen and oxygen atoms in total. The maximum absolute atomic E-state index is 11.2. The zero-order chi connectivity index (χ0) is 10.9. The Morgan fingerprint density at radius 3 is 2.21 bits per heavy atom. The predicted octanol–water partition coefficient (Wildman–Crippen LogP) is -2.80. The van der Waals surface area contributed by atoms with E-state index in [0.29, 0.717) is 0 Å². The van der Waals surface area contributed by atoms with Crippen molar-refractivity contribution >= 4 is 5.91 Å².